The highest BCUT2D eigenvalue weighted by molar-refractivity contribution is 5.92. The number of aromatic nitrogens is 4. The van der Waals surface area contributed by atoms with E-state index in [1.807, 2.05) is 6.92 Å². The van der Waals surface area contributed by atoms with Gasteiger partial charge in [0.1, 0.15) is 11.4 Å². The first-order chi connectivity index (χ1) is 9.19. The number of hydrogen-bond donors (Lipinski definition) is 1. The van der Waals surface area contributed by atoms with Crippen LogP contribution in [0.2, 0.25) is 0 Å². The topological polar surface area (TPSA) is 81.9 Å². The van der Waals surface area contributed by atoms with Gasteiger partial charge in [0.25, 0.3) is 5.91 Å². The fourth-order valence-corrected chi connectivity index (χ4v) is 2.10. The molecule has 0 aromatic carbocycles. The van der Waals surface area contributed by atoms with Gasteiger partial charge in [-0.2, -0.15) is 0 Å². The van der Waals surface area contributed by atoms with Crippen LogP contribution in [0.5, 0.6) is 5.75 Å². The normalized spacial score (nSPS) is 17.8. The smallest absolute Gasteiger partial charge is 0.289 e. The minimum absolute atomic E-state index is 0.0420. The largest absolute Gasteiger partial charge is 0.497 e. The van der Waals surface area contributed by atoms with Crippen LogP contribution in [-0.2, 0) is 6.54 Å². The van der Waals surface area contributed by atoms with Gasteiger partial charge in [0.2, 0.25) is 5.82 Å². The molecule has 3 heterocycles. The maximum atomic E-state index is 11.8. The number of hydrogen-bond acceptors (Lipinski definition) is 5. The second kappa shape index (κ2) is 4.34. The van der Waals surface area contributed by atoms with Crippen LogP contribution in [0.25, 0.3) is 11.5 Å². The van der Waals surface area contributed by atoms with E-state index in [1.54, 1.807) is 30.0 Å². The van der Waals surface area contributed by atoms with Gasteiger partial charge in [-0.3, -0.25) is 14.3 Å². The van der Waals surface area contributed by atoms with E-state index in [2.05, 4.69) is 20.5 Å². The Kier molecular flexibility index (Phi) is 2.66. The van der Waals surface area contributed by atoms with Crippen molar-refractivity contribution < 1.29 is 9.53 Å². The molecule has 1 atom stereocenters. The molecule has 1 aliphatic rings. The van der Waals surface area contributed by atoms with Crippen molar-refractivity contribution in [2.75, 3.05) is 7.11 Å². The number of nitrogens with zero attached hydrogens (tertiary/aromatic N) is 4. The highest BCUT2D eigenvalue weighted by Gasteiger charge is 2.27. The molecule has 0 spiro atoms. The van der Waals surface area contributed by atoms with Gasteiger partial charge in [0.15, 0.2) is 5.82 Å². The third-order valence-electron chi connectivity index (χ3n) is 2.98. The average molecular weight is 259 g/mol. The molecule has 2 aromatic rings. The number of pyridine rings is 1. The van der Waals surface area contributed by atoms with E-state index in [-0.39, 0.29) is 11.9 Å². The Morgan fingerprint density at radius 1 is 1.42 bits per heavy atom. The van der Waals surface area contributed by atoms with Crippen molar-refractivity contribution in [1.82, 2.24) is 25.1 Å². The van der Waals surface area contributed by atoms with Crippen molar-refractivity contribution in [3.8, 4) is 17.3 Å². The van der Waals surface area contributed by atoms with Crippen LogP contribution in [0.15, 0.2) is 18.3 Å². The van der Waals surface area contributed by atoms with E-state index < -0.39 is 0 Å². The molecule has 0 aliphatic carbocycles. The molecule has 0 bridgehead atoms. The third kappa shape index (κ3) is 1.92. The van der Waals surface area contributed by atoms with E-state index in [0.29, 0.717) is 29.6 Å². The van der Waals surface area contributed by atoms with Gasteiger partial charge >= 0.3 is 0 Å². The van der Waals surface area contributed by atoms with Crippen LogP contribution >= 0.6 is 0 Å². The van der Waals surface area contributed by atoms with Crippen molar-refractivity contribution in [3.05, 3.63) is 24.2 Å². The number of rotatable bonds is 2. The lowest BCUT2D eigenvalue weighted by atomic mass is 10.2. The summed E-state index contributed by atoms with van der Waals surface area (Å²) in [7, 11) is 1.59. The van der Waals surface area contributed by atoms with Crippen molar-refractivity contribution in [2.45, 2.75) is 19.5 Å². The molecule has 1 aliphatic heterocycles. The molecule has 7 heteroatoms. The van der Waals surface area contributed by atoms with Crippen LogP contribution < -0.4 is 10.1 Å². The maximum absolute atomic E-state index is 11.8. The molecule has 1 N–H and O–H groups in total. The standard InChI is InChI=1S/C12H13N5O2/c1-7-6-17-10(15-16-11(17)12(18)14-7)9-5-8(19-2)3-4-13-9/h3-5,7H,6H2,1-2H3,(H,14,18)/t7-/m0/s1. The summed E-state index contributed by atoms with van der Waals surface area (Å²) in [5.41, 5.74) is 0.639. The molecule has 19 heavy (non-hydrogen) atoms. The number of amides is 1. The fraction of sp³-hybridized carbons (Fsp3) is 0.333. The predicted octanol–water partition coefficient (Wildman–Crippen LogP) is 0.481. The first-order valence-electron chi connectivity index (χ1n) is 5.93. The zero-order chi connectivity index (χ0) is 13.4. The van der Waals surface area contributed by atoms with Crippen LogP contribution in [0, 0.1) is 0 Å². The lowest BCUT2D eigenvalue weighted by Crippen LogP contribution is -2.42. The van der Waals surface area contributed by atoms with E-state index in [9.17, 15) is 4.79 Å². The van der Waals surface area contributed by atoms with E-state index >= 15 is 0 Å². The Labute approximate surface area is 109 Å². The zero-order valence-corrected chi connectivity index (χ0v) is 10.6. The van der Waals surface area contributed by atoms with Gasteiger partial charge in [-0.1, -0.05) is 0 Å². The van der Waals surface area contributed by atoms with Gasteiger partial charge in [-0.25, -0.2) is 0 Å². The Hall–Kier alpha value is -2.44. The van der Waals surface area contributed by atoms with E-state index in [4.69, 9.17) is 4.74 Å². The zero-order valence-electron chi connectivity index (χ0n) is 10.6. The minimum Gasteiger partial charge on any atom is -0.497 e. The number of ether oxygens (including phenoxy) is 1. The lowest BCUT2D eigenvalue weighted by molar-refractivity contribution is 0.0900. The summed E-state index contributed by atoms with van der Waals surface area (Å²) < 4.78 is 6.95. The molecule has 0 saturated heterocycles. The van der Waals surface area contributed by atoms with E-state index in [1.165, 1.54) is 0 Å². The SMILES string of the molecule is COc1ccnc(-c2nnc3n2C[C@H](C)NC3=O)c1. The number of carbonyl (C=O) groups is 1. The average Bonchev–Trinajstić information content (AvgIpc) is 2.82. The van der Waals surface area contributed by atoms with Crippen LogP contribution in [0.4, 0.5) is 0 Å². The van der Waals surface area contributed by atoms with Crippen LogP contribution in [0.3, 0.4) is 0 Å². The Balaban J connectivity index is 2.09. The molecule has 0 unspecified atom stereocenters. The molecule has 0 radical (unpaired) electrons. The highest BCUT2D eigenvalue weighted by atomic mass is 16.5. The second-order valence-corrected chi connectivity index (χ2v) is 4.41. The van der Waals surface area contributed by atoms with E-state index in [0.717, 1.165) is 0 Å². The lowest BCUT2D eigenvalue weighted by Gasteiger charge is -2.21. The van der Waals surface area contributed by atoms with Gasteiger partial charge < -0.3 is 10.1 Å². The van der Waals surface area contributed by atoms with Gasteiger partial charge in [-0.05, 0) is 13.0 Å². The number of fused-ring (bicyclic) bond motifs is 1. The number of nitrogens with one attached hydrogen (secondary N) is 1. The second-order valence-electron chi connectivity index (χ2n) is 4.41. The fourth-order valence-electron chi connectivity index (χ4n) is 2.10. The summed E-state index contributed by atoms with van der Waals surface area (Å²) in [5, 5.41) is 10.8. The van der Waals surface area contributed by atoms with Gasteiger partial charge in [-0.15, -0.1) is 10.2 Å². The number of carbonyl (C=O) groups excluding carboxylic acids is 1. The first kappa shape index (κ1) is 11.6. The Morgan fingerprint density at radius 3 is 3.00 bits per heavy atom. The molecule has 0 saturated carbocycles. The molecular formula is C12H13N5O2. The number of methoxy groups -OCH3 is 1. The molecule has 1 amide bonds. The quantitative estimate of drug-likeness (QED) is 0.848. The summed E-state index contributed by atoms with van der Waals surface area (Å²) in [6.45, 7) is 2.56. The summed E-state index contributed by atoms with van der Waals surface area (Å²) >= 11 is 0. The summed E-state index contributed by atoms with van der Waals surface area (Å²) in [6.07, 6.45) is 1.64. The molecular weight excluding hydrogens is 246 g/mol. The summed E-state index contributed by atoms with van der Waals surface area (Å²) in [6, 6.07) is 3.57. The minimum atomic E-state index is -0.208. The molecule has 2 aromatic heterocycles. The van der Waals surface area contributed by atoms with Crippen molar-refractivity contribution in [1.29, 1.82) is 0 Å². The molecule has 3 rings (SSSR count). The first-order valence-corrected chi connectivity index (χ1v) is 5.93. The van der Waals surface area contributed by atoms with Crippen molar-refractivity contribution in [3.63, 3.8) is 0 Å². The highest BCUT2D eigenvalue weighted by Crippen LogP contribution is 2.22. The summed E-state index contributed by atoms with van der Waals surface area (Å²) in [4.78, 5) is 16.0. The Morgan fingerprint density at radius 2 is 2.21 bits per heavy atom. The van der Waals surface area contributed by atoms with Crippen LogP contribution in [0.1, 0.15) is 17.5 Å². The maximum Gasteiger partial charge on any atom is 0.289 e. The summed E-state index contributed by atoms with van der Waals surface area (Å²) in [5.74, 6) is 1.38. The molecule has 0 fully saturated rings. The van der Waals surface area contributed by atoms with Gasteiger partial charge in [0.05, 0.1) is 7.11 Å². The van der Waals surface area contributed by atoms with Crippen LogP contribution in [-0.4, -0.2) is 38.8 Å². The molecule has 98 valence electrons. The predicted molar refractivity (Wildman–Crippen MR) is 66.7 cm³/mol. The Bertz CT molecular complexity index is 637. The van der Waals surface area contributed by atoms with Crippen molar-refractivity contribution in [2.24, 2.45) is 0 Å². The monoisotopic (exact) mass is 259 g/mol. The molecule has 7 nitrogen and oxygen atoms in total. The van der Waals surface area contributed by atoms with Gasteiger partial charge in [0, 0.05) is 24.8 Å². The van der Waals surface area contributed by atoms with Crippen molar-refractivity contribution >= 4 is 5.91 Å². The third-order valence-corrected chi connectivity index (χ3v) is 2.98.